The molecule has 0 spiro atoms. The lowest BCUT2D eigenvalue weighted by atomic mass is 9.94. The lowest BCUT2D eigenvalue weighted by Gasteiger charge is -2.49. The SMILES string of the molecule is CC(C)Oc1cc2nc(N3CCN(CC4(F)CN(c5ccc(F)c(C(=O)OC(C)(C)C)c5)C4)CC3)cn2cc1NC(=O)c1cnn2cccnc12. The van der Waals surface area contributed by atoms with Crippen LogP contribution in [0.4, 0.5) is 26.0 Å². The molecule has 51 heavy (non-hydrogen) atoms. The molecule has 0 unspecified atom stereocenters. The van der Waals surface area contributed by atoms with E-state index in [2.05, 4.69) is 25.2 Å². The van der Waals surface area contributed by atoms with Gasteiger partial charge in [0.2, 0.25) is 0 Å². The van der Waals surface area contributed by atoms with Crippen LogP contribution in [0.1, 0.15) is 55.3 Å². The van der Waals surface area contributed by atoms with E-state index in [1.807, 2.05) is 29.3 Å². The number of nitrogens with zero attached hydrogens (tertiary/aromatic N) is 8. The van der Waals surface area contributed by atoms with Gasteiger partial charge in [-0.2, -0.15) is 5.10 Å². The Morgan fingerprint density at radius 3 is 2.53 bits per heavy atom. The van der Waals surface area contributed by atoms with E-state index in [-0.39, 0.29) is 37.2 Å². The lowest BCUT2D eigenvalue weighted by Crippen LogP contribution is -2.65. The molecule has 2 saturated heterocycles. The monoisotopic (exact) mass is 701 g/mol. The molecule has 0 saturated carbocycles. The number of carbonyl (C=O) groups is 2. The summed E-state index contributed by atoms with van der Waals surface area (Å²) in [5.41, 5.74) is 0.154. The Kier molecular flexibility index (Phi) is 8.77. The van der Waals surface area contributed by atoms with Gasteiger partial charge in [-0.1, -0.05) is 0 Å². The van der Waals surface area contributed by atoms with E-state index in [0.29, 0.717) is 60.2 Å². The summed E-state index contributed by atoms with van der Waals surface area (Å²) in [6.45, 7) is 12.2. The third kappa shape index (κ3) is 7.29. The van der Waals surface area contributed by atoms with Crippen LogP contribution in [0.15, 0.2) is 61.3 Å². The molecule has 15 heteroatoms. The molecule has 2 aliphatic heterocycles. The summed E-state index contributed by atoms with van der Waals surface area (Å²) >= 11 is 0. The Morgan fingerprint density at radius 1 is 1.04 bits per heavy atom. The number of ether oxygens (including phenoxy) is 2. The number of pyridine rings is 1. The number of hydrogen-bond acceptors (Lipinski definition) is 10. The largest absolute Gasteiger partial charge is 0.489 e. The van der Waals surface area contributed by atoms with E-state index in [4.69, 9.17) is 14.5 Å². The Bertz CT molecular complexity index is 2090. The summed E-state index contributed by atoms with van der Waals surface area (Å²) in [6.07, 6.45) is 8.36. The zero-order chi connectivity index (χ0) is 36.1. The zero-order valence-electron chi connectivity index (χ0n) is 29.3. The second kappa shape index (κ2) is 13.1. The number of aromatic nitrogens is 5. The first-order valence-corrected chi connectivity index (χ1v) is 17.0. The smallest absolute Gasteiger partial charge is 0.341 e. The molecule has 0 aliphatic carbocycles. The summed E-state index contributed by atoms with van der Waals surface area (Å²) in [6, 6.07) is 7.76. The molecule has 0 bridgehead atoms. The molecule has 1 aromatic carbocycles. The number of rotatable bonds is 9. The van der Waals surface area contributed by atoms with Crippen molar-refractivity contribution in [2.24, 2.45) is 0 Å². The van der Waals surface area contributed by atoms with Crippen molar-refractivity contribution in [3.8, 4) is 5.75 Å². The van der Waals surface area contributed by atoms with Crippen molar-refractivity contribution in [1.29, 1.82) is 0 Å². The van der Waals surface area contributed by atoms with Crippen LogP contribution >= 0.6 is 0 Å². The van der Waals surface area contributed by atoms with Gasteiger partial charge in [-0.25, -0.2) is 28.1 Å². The minimum atomic E-state index is -1.43. The fraction of sp³-hybridized carbons (Fsp3) is 0.417. The number of nitrogens with one attached hydrogen (secondary N) is 1. The summed E-state index contributed by atoms with van der Waals surface area (Å²) in [5, 5.41) is 7.17. The van der Waals surface area contributed by atoms with Crippen LogP contribution in [0.5, 0.6) is 5.75 Å². The molecule has 4 aromatic heterocycles. The van der Waals surface area contributed by atoms with E-state index in [1.54, 1.807) is 57.6 Å². The van der Waals surface area contributed by atoms with Gasteiger partial charge < -0.3 is 29.0 Å². The second-order valence-electron chi connectivity index (χ2n) is 14.4. The van der Waals surface area contributed by atoms with Gasteiger partial charge >= 0.3 is 5.97 Å². The number of benzene rings is 1. The molecule has 2 aliphatic rings. The van der Waals surface area contributed by atoms with Crippen LogP contribution in [-0.4, -0.2) is 104 Å². The molecule has 1 amide bonds. The predicted octanol–water partition coefficient (Wildman–Crippen LogP) is 4.86. The Hall–Kier alpha value is -5.31. The van der Waals surface area contributed by atoms with Gasteiger partial charge in [0.25, 0.3) is 5.91 Å². The predicted molar refractivity (Wildman–Crippen MR) is 188 cm³/mol. The quantitative estimate of drug-likeness (QED) is 0.213. The first-order chi connectivity index (χ1) is 24.2. The number of esters is 1. The van der Waals surface area contributed by atoms with Crippen molar-refractivity contribution < 1.29 is 27.8 Å². The van der Waals surface area contributed by atoms with Crippen molar-refractivity contribution >= 4 is 40.4 Å². The van der Waals surface area contributed by atoms with Gasteiger partial charge in [-0.3, -0.25) is 9.69 Å². The van der Waals surface area contributed by atoms with Gasteiger partial charge in [-0.15, -0.1) is 0 Å². The molecule has 0 atom stereocenters. The first kappa shape index (κ1) is 34.2. The number of amides is 1. The fourth-order valence-electron chi connectivity index (χ4n) is 6.43. The van der Waals surface area contributed by atoms with Crippen LogP contribution in [0, 0.1) is 5.82 Å². The highest BCUT2D eigenvalue weighted by atomic mass is 19.1. The maximum absolute atomic E-state index is 15.8. The Morgan fingerprint density at radius 2 is 1.80 bits per heavy atom. The van der Waals surface area contributed by atoms with Crippen LogP contribution in [-0.2, 0) is 4.74 Å². The van der Waals surface area contributed by atoms with Crippen LogP contribution in [0.3, 0.4) is 0 Å². The van der Waals surface area contributed by atoms with Crippen molar-refractivity contribution in [1.82, 2.24) is 28.9 Å². The van der Waals surface area contributed by atoms with Crippen molar-refractivity contribution in [3.05, 3.63) is 78.3 Å². The molecule has 13 nitrogen and oxygen atoms in total. The summed E-state index contributed by atoms with van der Waals surface area (Å²) in [7, 11) is 0. The molecule has 1 N–H and O–H groups in total. The highest BCUT2D eigenvalue weighted by molar-refractivity contribution is 6.08. The Balaban J connectivity index is 0.980. The molecule has 268 valence electrons. The van der Waals surface area contributed by atoms with Crippen LogP contribution < -0.4 is 19.9 Å². The van der Waals surface area contributed by atoms with Crippen molar-refractivity contribution in [3.63, 3.8) is 0 Å². The zero-order valence-corrected chi connectivity index (χ0v) is 29.3. The third-order valence-electron chi connectivity index (χ3n) is 8.76. The minimum absolute atomic E-state index is 0.142. The average Bonchev–Trinajstić information content (AvgIpc) is 3.67. The number of imidazole rings is 1. The third-order valence-corrected chi connectivity index (χ3v) is 8.76. The van der Waals surface area contributed by atoms with E-state index in [1.165, 1.54) is 22.8 Å². The first-order valence-electron chi connectivity index (χ1n) is 17.0. The van der Waals surface area contributed by atoms with Gasteiger partial charge in [0.05, 0.1) is 37.2 Å². The highest BCUT2D eigenvalue weighted by Crippen LogP contribution is 2.34. The number of carbonyl (C=O) groups excluding carboxylic acids is 2. The molecule has 6 heterocycles. The van der Waals surface area contributed by atoms with E-state index in [9.17, 15) is 14.0 Å². The second-order valence-corrected chi connectivity index (χ2v) is 14.4. The lowest BCUT2D eigenvalue weighted by molar-refractivity contribution is 0.00645. The number of alkyl halides is 1. The standard InChI is InChI=1S/C36H41F2N9O4/c1-23(2)50-29-16-30-42-31(19-45(30)18-28(29)41-33(48)26-17-40-47-10-6-9-39-32(26)47)44-13-11-43(12-14-44)20-36(38)21-46(22-36)24-7-8-27(37)25(15-24)34(49)51-35(3,4)5/h6-10,15-19,23H,11-14,20-22H2,1-5H3,(H,41,48). The van der Waals surface area contributed by atoms with E-state index >= 15 is 4.39 Å². The molecule has 0 radical (unpaired) electrons. The van der Waals surface area contributed by atoms with Crippen LogP contribution in [0.2, 0.25) is 0 Å². The topological polar surface area (TPSA) is 122 Å². The van der Waals surface area contributed by atoms with Gasteiger partial charge in [0.1, 0.15) is 39.9 Å². The Labute approximate surface area is 293 Å². The fourth-order valence-corrected chi connectivity index (χ4v) is 6.43. The molecular formula is C36H41F2N9O4. The van der Waals surface area contributed by atoms with Crippen molar-refractivity contribution in [2.75, 3.05) is 60.9 Å². The maximum Gasteiger partial charge on any atom is 0.341 e. The maximum atomic E-state index is 15.8. The van der Waals surface area contributed by atoms with E-state index < -0.39 is 23.1 Å². The average molecular weight is 702 g/mol. The number of piperazine rings is 1. The number of halogens is 2. The molecular weight excluding hydrogens is 660 g/mol. The van der Waals surface area contributed by atoms with Crippen molar-refractivity contribution in [2.45, 2.75) is 52.0 Å². The number of fused-ring (bicyclic) bond motifs is 2. The minimum Gasteiger partial charge on any atom is -0.489 e. The van der Waals surface area contributed by atoms with Gasteiger partial charge in [-0.05, 0) is 58.9 Å². The summed E-state index contributed by atoms with van der Waals surface area (Å²) in [5.74, 6) is -0.524. The molecule has 2 fully saturated rings. The van der Waals surface area contributed by atoms with Gasteiger partial charge in [0.15, 0.2) is 11.3 Å². The summed E-state index contributed by atoms with van der Waals surface area (Å²) < 4.78 is 45.1. The summed E-state index contributed by atoms with van der Waals surface area (Å²) in [4.78, 5) is 41.0. The van der Waals surface area contributed by atoms with Gasteiger partial charge in [0, 0.05) is 63.1 Å². The van der Waals surface area contributed by atoms with Crippen LogP contribution in [0.25, 0.3) is 11.3 Å². The normalized spacial score (nSPS) is 16.5. The highest BCUT2D eigenvalue weighted by Gasteiger charge is 2.45. The molecule has 5 aromatic rings. The van der Waals surface area contributed by atoms with E-state index in [0.717, 1.165) is 5.82 Å². The number of anilines is 3. The molecule has 7 rings (SSSR count). The number of hydrogen-bond donors (Lipinski definition) is 1.